The van der Waals surface area contributed by atoms with E-state index >= 15 is 0 Å². The van der Waals surface area contributed by atoms with Crippen LogP contribution in [0.3, 0.4) is 0 Å². The third-order valence-electron chi connectivity index (χ3n) is 2.60. The fraction of sp³-hybridized carbons (Fsp3) is 0.0909. The Hall–Kier alpha value is -1.63. The van der Waals surface area contributed by atoms with Crippen molar-refractivity contribution >= 4 is 34.8 Å². The van der Waals surface area contributed by atoms with Crippen molar-refractivity contribution in [3.63, 3.8) is 0 Å². The van der Waals surface area contributed by atoms with E-state index in [2.05, 4.69) is 20.5 Å². The molecule has 0 aliphatic heterocycles. The lowest BCUT2D eigenvalue weighted by Crippen LogP contribution is -1.97. The highest BCUT2D eigenvalue weighted by Crippen LogP contribution is 2.31. The molecule has 6 nitrogen and oxygen atoms in total. The maximum atomic E-state index is 6.31. The second-order valence-corrected chi connectivity index (χ2v) is 5.16. The van der Waals surface area contributed by atoms with Crippen LogP contribution in [-0.2, 0) is 7.05 Å². The van der Waals surface area contributed by atoms with Crippen molar-refractivity contribution in [2.75, 3.05) is 0 Å². The van der Waals surface area contributed by atoms with Crippen molar-refractivity contribution < 1.29 is 0 Å². The van der Waals surface area contributed by atoms with Gasteiger partial charge in [0.05, 0.1) is 29.5 Å². The van der Waals surface area contributed by atoms with Crippen LogP contribution in [-0.4, -0.2) is 30.0 Å². The van der Waals surface area contributed by atoms with Gasteiger partial charge < -0.3 is 0 Å². The molecule has 0 bridgehead atoms. The Labute approximate surface area is 128 Å². The third kappa shape index (κ3) is 2.26. The minimum Gasteiger partial charge on any atom is -0.220 e. The molecule has 0 aliphatic carbocycles. The summed E-state index contributed by atoms with van der Waals surface area (Å²) in [5, 5.41) is 17.3. The van der Waals surface area contributed by atoms with E-state index in [0.717, 1.165) is 0 Å². The van der Waals surface area contributed by atoms with E-state index in [4.69, 9.17) is 34.8 Å². The van der Waals surface area contributed by atoms with Crippen molar-refractivity contribution in [2.45, 2.75) is 0 Å². The Morgan fingerprint density at radius 1 is 1.15 bits per heavy atom. The number of rotatable bonds is 2. The average molecular weight is 330 g/mol. The molecule has 0 fully saturated rings. The van der Waals surface area contributed by atoms with Crippen LogP contribution < -0.4 is 0 Å². The lowest BCUT2D eigenvalue weighted by atomic mass is 10.3. The van der Waals surface area contributed by atoms with Gasteiger partial charge in [-0.25, -0.2) is 4.68 Å². The van der Waals surface area contributed by atoms with Crippen LogP contribution in [0.5, 0.6) is 0 Å². The number of aromatic nitrogens is 6. The van der Waals surface area contributed by atoms with Crippen LogP contribution >= 0.6 is 34.8 Å². The van der Waals surface area contributed by atoms with Crippen molar-refractivity contribution in [1.29, 1.82) is 0 Å². The van der Waals surface area contributed by atoms with E-state index in [1.807, 2.05) is 0 Å². The van der Waals surface area contributed by atoms with E-state index in [-0.39, 0.29) is 0 Å². The molecular formula is C11H7Cl3N6. The van der Waals surface area contributed by atoms with Crippen LogP contribution in [0.15, 0.2) is 24.4 Å². The molecule has 1 aromatic carbocycles. The molecule has 0 saturated heterocycles. The highest BCUT2D eigenvalue weighted by Gasteiger charge is 2.17. The normalized spacial score (nSPS) is 11.0. The molecule has 0 unspecified atom stereocenters. The van der Waals surface area contributed by atoms with Gasteiger partial charge in [0.1, 0.15) is 5.15 Å². The van der Waals surface area contributed by atoms with Gasteiger partial charge >= 0.3 is 0 Å². The minimum atomic E-state index is 0.335. The van der Waals surface area contributed by atoms with Gasteiger partial charge in [-0.05, 0) is 23.4 Å². The largest absolute Gasteiger partial charge is 0.220 e. The summed E-state index contributed by atoms with van der Waals surface area (Å²) in [4.78, 5) is 1.34. The first-order chi connectivity index (χ1) is 9.56. The monoisotopic (exact) mass is 328 g/mol. The number of hydrogen-bond donors (Lipinski definition) is 0. The molecule has 2 aromatic heterocycles. The van der Waals surface area contributed by atoms with Crippen LogP contribution in [0.25, 0.3) is 17.1 Å². The number of hydrogen-bond acceptors (Lipinski definition) is 4. The van der Waals surface area contributed by atoms with Gasteiger partial charge in [-0.2, -0.15) is 9.90 Å². The van der Waals surface area contributed by atoms with Gasteiger partial charge in [0.2, 0.25) is 5.82 Å². The Morgan fingerprint density at radius 2 is 1.95 bits per heavy atom. The number of tetrazole rings is 1. The molecule has 2 heterocycles. The predicted molar refractivity (Wildman–Crippen MR) is 76.4 cm³/mol. The van der Waals surface area contributed by atoms with Crippen molar-refractivity contribution in [3.05, 3.63) is 39.6 Å². The first-order valence-electron chi connectivity index (χ1n) is 5.49. The summed E-state index contributed by atoms with van der Waals surface area (Å²) < 4.78 is 1.47. The Bertz CT molecular complexity index is 778. The molecule has 0 saturated carbocycles. The van der Waals surface area contributed by atoms with Crippen molar-refractivity contribution in [2.24, 2.45) is 7.05 Å². The topological polar surface area (TPSA) is 61.4 Å². The van der Waals surface area contributed by atoms with Gasteiger partial charge in [0.15, 0.2) is 0 Å². The Balaban J connectivity index is 2.13. The Morgan fingerprint density at radius 3 is 2.65 bits per heavy atom. The lowest BCUT2D eigenvalue weighted by Gasteiger charge is -2.06. The standard InChI is InChI=1S/C11H7Cl3N6/c1-19-17-11(16-18-19)7-5-15-20(10(7)14)9-4-6(12)2-3-8(9)13/h2-5H,1H3. The molecular weight excluding hydrogens is 323 g/mol. The molecule has 3 rings (SSSR count). The van der Waals surface area contributed by atoms with Crippen molar-refractivity contribution in [3.8, 4) is 17.1 Å². The summed E-state index contributed by atoms with van der Waals surface area (Å²) in [5.74, 6) is 0.391. The number of halogens is 3. The molecule has 0 aliphatic rings. The summed E-state index contributed by atoms with van der Waals surface area (Å²) in [7, 11) is 1.67. The van der Waals surface area contributed by atoms with Gasteiger partial charge in [-0.3, -0.25) is 0 Å². The third-order valence-corrected chi connectivity index (χ3v) is 3.51. The highest BCUT2D eigenvalue weighted by molar-refractivity contribution is 6.35. The maximum Gasteiger partial charge on any atom is 0.209 e. The van der Waals surface area contributed by atoms with Gasteiger partial charge in [0.25, 0.3) is 0 Å². The second-order valence-electron chi connectivity index (χ2n) is 3.96. The first-order valence-corrected chi connectivity index (χ1v) is 6.63. The second kappa shape index (κ2) is 5.05. The molecule has 102 valence electrons. The van der Waals surface area contributed by atoms with Gasteiger partial charge in [0, 0.05) is 5.02 Å². The van der Waals surface area contributed by atoms with E-state index in [0.29, 0.717) is 32.3 Å². The zero-order chi connectivity index (χ0) is 14.3. The number of aryl methyl sites for hydroxylation is 1. The molecule has 3 aromatic rings. The molecule has 0 radical (unpaired) electrons. The van der Waals surface area contributed by atoms with E-state index < -0.39 is 0 Å². The van der Waals surface area contributed by atoms with E-state index in [1.54, 1.807) is 31.4 Å². The summed E-state index contributed by atoms with van der Waals surface area (Å²) in [6.07, 6.45) is 1.55. The van der Waals surface area contributed by atoms with Crippen molar-refractivity contribution in [1.82, 2.24) is 30.0 Å². The molecule has 0 spiro atoms. The molecule has 0 atom stereocenters. The zero-order valence-electron chi connectivity index (χ0n) is 10.1. The fourth-order valence-electron chi connectivity index (χ4n) is 1.69. The summed E-state index contributed by atoms with van der Waals surface area (Å²) in [6.45, 7) is 0. The smallest absolute Gasteiger partial charge is 0.209 e. The minimum absolute atomic E-state index is 0.335. The van der Waals surface area contributed by atoms with Crippen LogP contribution in [0.4, 0.5) is 0 Å². The number of nitrogens with zero attached hydrogens (tertiary/aromatic N) is 6. The average Bonchev–Trinajstić information content (AvgIpc) is 2.99. The van der Waals surface area contributed by atoms with E-state index in [1.165, 1.54) is 9.48 Å². The summed E-state index contributed by atoms with van der Waals surface area (Å²) in [6, 6.07) is 5.05. The molecule has 0 amide bonds. The molecule has 20 heavy (non-hydrogen) atoms. The van der Waals surface area contributed by atoms with Gasteiger partial charge in [-0.15, -0.1) is 10.2 Å². The molecule has 0 N–H and O–H groups in total. The zero-order valence-corrected chi connectivity index (χ0v) is 12.4. The Kier molecular flexibility index (Phi) is 3.37. The van der Waals surface area contributed by atoms with E-state index in [9.17, 15) is 0 Å². The van der Waals surface area contributed by atoms with Crippen LogP contribution in [0.2, 0.25) is 15.2 Å². The quantitative estimate of drug-likeness (QED) is 0.725. The SMILES string of the molecule is Cn1nnc(-c2cnn(-c3cc(Cl)ccc3Cl)c2Cl)n1. The predicted octanol–water partition coefficient (Wildman–Crippen LogP) is 3.02. The van der Waals surface area contributed by atoms with Gasteiger partial charge in [-0.1, -0.05) is 34.8 Å². The number of benzene rings is 1. The first kappa shape index (κ1) is 13.4. The van der Waals surface area contributed by atoms with Crippen LogP contribution in [0.1, 0.15) is 0 Å². The highest BCUT2D eigenvalue weighted by atomic mass is 35.5. The molecule has 9 heteroatoms. The van der Waals surface area contributed by atoms with Crippen LogP contribution in [0, 0.1) is 0 Å². The summed E-state index contributed by atoms with van der Waals surface area (Å²) in [5.41, 5.74) is 1.15. The lowest BCUT2D eigenvalue weighted by molar-refractivity contribution is 0.630. The maximum absolute atomic E-state index is 6.31. The summed E-state index contributed by atoms with van der Waals surface area (Å²) >= 11 is 18.4. The fourth-order valence-corrected chi connectivity index (χ4v) is 2.32.